The van der Waals surface area contributed by atoms with Gasteiger partial charge in [-0.2, -0.15) is 5.10 Å². The van der Waals surface area contributed by atoms with Crippen LogP contribution in [0.2, 0.25) is 0 Å². The van der Waals surface area contributed by atoms with E-state index in [2.05, 4.69) is 25.5 Å². The van der Waals surface area contributed by atoms with E-state index in [1.807, 2.05) is 25.1 Å². The second-order valence-corrected chi connectivity index (χ2v) is 5.07. The van der Waals surface area contributed by atoms with Gasteiger partial charge in [-0.15, -0.1) is 0 Å². The molecule has 118 valence electrons. The van der Waals surface area contributed by atoms with Gasteiger partial charge in [0, 0.05) is 29.9 Å². The highest BCUT2D eigenvalue weighted by molar-refractivity contribution is 6.04. The van der Waals surface area contributed by atoms with Crippen molar-refractivity contribution >= 4 is 28.3 Å². The van der Waals surface area contributed by atoms with E-state index in [9.17, 15) is 4.79 Å². The van der Waals surface area contributed by atoms with Crippen molar-refractivity contribution in [1.29, 1.82) is 0 Å². The van der Waals surface area contributed by atoms with Gasteiger partial charge in [0.25, 0.3) is 5.91 Å². The summed E-state index contributed by atoms with van der Waals surface area (Å²) in [6.07, 6.45) is 0. The Balaban J connectivity index is 1.95. The maximum atomic E-state index is 11.4. The van der Waals surface area contributed by atoms with Crippen LogP contribution < -0.4 is 11.1 Å². The van der Waals surface area contributed by atoms with Gasteiger partial charge in [-0.1, -0.05) is 0 Å². The molecule has 8 nitrogen and oxygen atoms in total. The fourth-order valence-electron chi connectivity index (χ4n) is 2.32. The lowest BCUT2D eigenvalue weighted by Gasteiger charge is -2.08. The molecule has 3 aromatic rings. The zero-order valence-corrected chi connectivity index (χ0v) is 12.8. The van der Waals surface area contributed by atoms with Crippen molar-refractivity contribution in [2.45, 2.75) is 13.5 Å². The predicted molar refractivity (Wildman–Crippen MR) is 85.4 cm³/mol. The summed E-state index contributed by atoms with van der Waals surface area (Å²) >= 11 is 0. The minimum Gasteiger partial charge on any atom is -0.377 e. The molecule has 0 aliphatic rings. The zero-order chi connectivity index (χ0) is 16.4. The van der Waals surface area contributed by atoms with Gasteiger partial charge in [0.15, 0.2) is 11.5 Å². The Bertz CT molecular complexity index is 874. The number of nitrogens with zero attached hydrogens (tertiary/aromatic N) is 3. The Hall–Kier alpha value is -3.00. The van der Waals surface area contributed by atoms with E-state index >= 15 is 0 Å². The van der Waals surface area contributed by atoms with Gasteiger partial charge < -0.3 is 15.8 Å². The number of nitrogens with two attached hydrogens (primary N) is 1. The number of fused-ring (bicyclic) bond motifs is 1. The summed E-state index contributed by atoms with van der Waals surface area (Å²) in [6.45, 7) is 2.22. The normalized spacial score (nSPS) is 10.9. The van der Waals surface area contributed by atoms with Crippen LogP contribution in [0.1, 0.15) is 22.0 Å². The van der Waals surface area contributed by atoms with Gasteiger partial charge in [-0.3, -0.25) is 9.89 Å². The van der Waals surface area contributed by atoms with Crippen LogP contribution in [0.3, 0.4) is 0 Å². The van der Waals surface area contributed by atoms with E-state index in [0.29, 0.717) is 23.6 Å². The maximum absolute atomic E-state index is 11.4. The average Bonchev–Trinajstić information content (AvgIpc) is 2.90. The van der Waals surface area contributed by atoms with Crippen LogP contribution in [0.5, 0.6) is 0 Å². The zero-order valence-electron chi connectivity index (χ0n) is 12.8. The molecule has 1 aromatic carbocycles. The number of hydrogen-bond donors (Lipinski definition) is 3. The van der Waals surface area contributed by atoms with Gasteiger partial charge in [0.05, 0.1) is 5.52 Å². The van der Waals surface area contributed by atoms with Crippen molar-refractivity contribution in [2.24, 2.45) is 5.73 Å². The SMILES string of the molecule is COCc1nc(C)cc(Nc2ccc3[nH]nc(C(N)=O)c3c2)n1. The number of carbonyl (C=O) groups excluding carboxylic acids is 1. The number of aryl methyl sites for hydroxylation is 1. The second kappa shape index (κ2) is 6.01. The van der Waals surface area contributed by atoms with E-state index in [1.54, 1.807) is 13.2 Å². The van der Waals surface area contributed by atoms with Gasteiger partial charge in [0.1, 0.15) is 12.4 Å². The van der Waals surface area contributed by atoms with E-state index in [0.717, 1.165) is 16.9 Å². The van der Waals surface area contributed by atoms with Crippen LogP contribution in [0.15, 0.2) is 24.3 Å². The molecule has 0 radical (unpaired) electrons. The first-order chi connectivity index (χ1) is 11.1. The lowest BCUT2D eigenvalue weighted by Crippen LogP contribution is -2.11. The Labute approximate surface area is 132 Å². The van der Waals surface area contributed by atoms with Crippen LogP contribution in [0, 0.1) is 6.92 Å². The molecule has 0 saturated carbocycles. The number of primary amides is 1. The number of aromatic nitrogens is 4. The summed E-state index contributed by atoms with van der Waals surface area (Å²) in [5, 5.41) is 10.5. The molecule has 23 heavy (non-hydrogen) atoms. The first-order valence-electron chi connectivity index (χ1n) is 6.95. The number of ether oxygens (including phenoxy) is 1. The lowest BCUT2D eigenvalue weighted by atomic mass is 10.2. The molecule has 4 N–H and O–H groups in total. The first-order valence-corrected chi connectivity index (χ1v) is 6.95. The third-order valence-electron chi connectivity index (χ3n) is 3.24. The maximum Gasteiger partial charge on any atom is 0.269 e. The molecule has 2 aromatic heterocycles. The summed E-state index contributed by atoms with van der Waals surface area (Å²) < 4.78 is 5.06. The van der Waals surface area contributed by atoms with E-state index in [4.69, 9.17) is 10.5 Å². The molecule has 0 saturated heterocycles. The minimum atomic E-state index is -0.575. The Morgan fingerprint density at radius 2 is 2.17 bits per heavy atom. The van der Waals surface area contributed by atoms with Crippen molar-refractivity contribution in [3.63, 3.8) is 0 Å². The average molecular weight is 312 g/mol. The summed E-state index contributed by atoms with van der Waals surface area (Å²) in [5.41, 5.74) is 7.87. The molecule has 0 atom stereocenters. The Morgan fingerprint density at radius 3 is 2.91 bits per heavy atom. The van der Waals surface area contributed by atoms with Gasteiger partial charge in [-0.25, -0.2) is 9.97 Å². The fourth-order valence-corrected chi connectivity index (χ4v) is 2.32. The molecule has 0 spiro atoms. The molecule has 0 fully saturated rings. The highest BCUT2D eigenvalue weighted by Gasteiger charge is 2.11. The largest absolute Gasteiger partial charge is 0.377 e. The molecule has 0 unspecified atom stereocenters. The third kappa shape index (κ3) is 3.11. The third-order valence-corrected chi connectivity index (χ3v) is 3.24. The number of anilines is 2. The van der Waals surface area contributed by atoms with Crippen LogP contribution in [0.25, 0.3) is 10.9 Å². The van der Waals surface area contributed by atoms with Crippen molar-refractivity contribution < 1.29 is 9.53 Å². The van der Waals surface area contributed by atoms with Crippen molar-refractivity contribution in [3.05, 3.63) is 41.5 Å². The van der Waals surface area contributed by atoms with E-state index in [-0.39, 0.29) is 5.69 Å². The van der Waals surface area contributed by atoms with Crippen LogP contribution in [0.4, 0.5) is 11.5 Å². The summed E-state index contributed by atoms with van der Waals surface area (Å²) in [7, 11) is 1.59. The summed E-state index contributed by atoms with van der Waals surface area (Å²) in [5.74, 6) is 0.666. The second-order valence-electron chi connectivity index (χ2n) is 5.07. The Morgan fingerprint density at radius 1 is 1.35 bits per heavy atom. The predicted octanol–water partition coefficient (Wildman–Crippen LogP) is 1.65. The number of methoxy groups -OCH3 is 1. The summed E-state index contributed by atoms with van der Waals surface area (Å²) in [6, 6.07) is 7.31. The van der Waals surface area contributed by atoms with Gasteiger partial charge >= 0.3 is 0 Å². The number of carbonyl (C=O) groups is 1. The smallest absolute Gasteiger partial charge is 0.269 e. The van der Waals surface area contributed by atoms with Crippen LogP contribution in [-0.2, 0) is 11.3 Å². The minimum absolute atomic E-state index is 0.211. The molecule has 0 aliphatic carbocycles. The Kier molecular flexibility index (Phi) is 3.90. The topological polar surface area (TPSA) is 119 Å². The fraction of sp³-hybridized carbons (Fsp3) is 0.200. The standard InChI is InChI=1S/C15H16N6O2/c1-8-5-12(19-13(17-8)7-23-2)18-9-3-4-11-10(6-9)14(15(16)22)21-20-11/h3-6H,7H2,1-2H3,(H2,16,22)(H,20,21)(H,17,18,19). The van der Waals surface area contributed by atoms with Gasteiger partial charge in [-0.05, 0) is 25.1 Å². The number of aromatic amines is 1. The van der Waals surface area contributed by atoms with Crippen molar-refractivity contribution in [2.75, 3.05) is 12.4 Å². The molecule has 0 bridgehead atoms. The number of amides is 1. The summed E-state index contributed by atoms with van der Waals surface area (Å²) in [4.78, 5) is 20.1. The first kappa shape index (κ1) is 14.9. The number of H-pyrrole nitrogens is 1. The molecule has 3 rings (SSSR count). The molecule has 8 heteroatoms. The number of nitrogens with one attached hydrogen (secondary N) is 2. The number of benzene rings is 1. The molecular weight excluding hydrogens is 296 g/mol. The number of rotatable bonds is 5. The molecule has 2 heterocycles. The van der Waals surface area contributed by atoms with Crippen molar-refractivity contribution in [1.82, 2.24) is 20.2 Å². The quantitative estimate of drug-likeness (QED) is 0.659. The van der Waals surface area contributed by atoms with E-state index < -0.39 is 5.91 Å². The molecular formula is C15H16N6O2. The highest BCUT2D eigenvalue weighted by atomic mass is 16.5. The van der Waals surface area contributed by atoms with Crippen LogP contribution in [-0.4, -0.2) is 33.2 Å². The lowest BCUT2D eigenvalue weighted by molar-refractivity contribution is 0.0997. The van der Waals surface area contributed by atoms with Crippen molar-refractivity contribution in [3.8, 4) is 0 Å². The van der Waals surface area contributed by atoms with Gasteiger partial charge in [0.2, 0.25) is 0 Å². The van der Waals surface area contributed by atoms with Crippen LogP contribution >= 0.6 is 0 Å². The molecule has 0 aliphatic heterocycles. The van der Waals surface area contributed by atoms with E-state index in [1.165, 1.54) is 0 Å². The highest BCUT2D eigenvalue weighted by Crippen LogP contribution is 2.23. The molecule has 1 amide bonds. The monoisotopic (exact) mass is 312 g/mol. The number of hydrogen-bond acceptors (Lipinski definition) is 6.